The normalized spacial score (nSPS) is 11.9. The lowest BCUT2D eigenvalue weighted by Crippen LogP contribution is -2.01. The van der Waals surface area contributed by atoms with E-state index >= 15 is 0 Å². The topological polar surface area (TPSA) is 82.8 Å². The molecule has 0 fully saturated rings. The van der Waals surface area contributed by atoms with E-state index in [0.29, 0.717) is 45.6 Å². The molecule has 0 spiro atoms. The average Bonchev–Trinajstić information content (AvgIpc) is 3.98. The van der Waals surface area contributed by atoms with E-state index in [4.69, 9.17) is 28.8 Å². The molecule has 0 aliphatic heterocycles. The molecule has 8 aromatic carbocycles. The number of rotatable bonds is 5. The van der Waals surface area contributed by atoms with Crippen LogP contribution in [0.3, 0.4) is 0 Å². The van der Waals surface area contributed by atoms with Crippen LogP contribution in [-0.4, -0.2) is 24.5 Å². The molecule has 12 aromatic rings. The van der Waals surface area contributed by atoms with E-state index in [1.165, 1.54) is 0 Å². The van der Waals surface area contributed by atoms with Gasteiger partial charge in [-0.3, -0.25) is 0 Å². The van der Waals surface area contributed by atoms with Gasteiger partial charge in [-0.2, -0.15) is 0 Å². The largest absolute Gasteiger partial charge is 0.454 e. The molecule has 12 rings (SSSR count). The SMILES string of the molecule is c1ccc(-c2nc(-c3c4ccccc4cc4oc5c(ccc6oc(-c7ccccc7)nc65)c34)nc(-c3cccc4c3c3ccccc3n4-c3ccccc3)n2)cc1. The van der Waals surface area contributed by atoms with Crippen LogP contribution in [0.2, 0.25) is 0 Å². The minimum atomic E-state index is 0.543. The summed E-state index contributed by atoms with van der Waals surface area (Å²) in [5.74, 6) is 2.26. The Morgan fingerprint density at radius 2 is 1.09 bits per heavy atom. The minimum absolute atomic E-state index is 0.543. The van der Waals surface area contributed by atoms with Gasteiger partial charge in [0, 0.05) is 49.5 Å². The van der Waals surface area contributed by atoms with Gasteiger partial charge in [0.05, 0.1) is 11.0 Å². The predicted molar refractivity (Wildman–Crippen MR) is 228 cm³/mol. The van der Waals surface area contributed by atoms with Crippen molar-refractivity contribution in [3.05, 3.63) is 176 Å². The molecule has 7 heteroatoms. The summed E-state index contributed by atoms with van der Waals surface area (Å²) in [4.78, 5) is 20.9. The highest BCUT2D eigenvalue weighted by atomic mass is 16.4. The monoisotopic (exact) mass is 731 g/mol. The van der Waals surface area contributed by atoms with Crippen molar-refractivity contribution in [3.63, 3.8) is 0 Å². The third-order valence-corrected chi connectivity index (χ3v) is 10.9. The van der Waals surface area contributed by atoms with E-state index in [0.717, 1.165) is 71.3 Å². The molecule has 0 saturated carbocycles. The Bertz CT molecular complexity index is 3510. The lowest BCUT2D eigenvalue weighted by atomic mass is 9.97. The van der Waals surface area contributed by atoms with Crippen molar-refractivity contribution >= 4 is 65.6 Å². The number of hydrogen-bond donors (Lipinski definition) is 0. The fourth-order valence-electron chi connectivity index (χ4n) is 8.37. The summed E-state index contributed by atoms with van der Waals surface area (Å²) >= 11 is 0. The summed E-state index contributed by atoms with van der Waals surface area (Å²) in [6.45, 7) is 0. The maximum absolute atomic E-state index is 6.77. The van der Waals surface area contributed by atoms with Crippen LogP contribution in [0.1, 0.15) is 0 Å². The van der Waals surface area contributed by atoms with Crippen molar-refractivity contribution in [1.29, 1.82) is 0 Å². The first-order valence-electron chi connectivity index (χ1n) is 18.9. The highest BCUT2D eigenvalue weighted by Crippen LogP contribution is 2.44. The van der Waals surface area contributed by atoms with Crippen molar-refractivity contribution in [3.8, 4) is 51.3 Å². The smallest absolute Gasteiger partial charge is 0.227 e. The van der Waals surface area contributed by atoms with Gasteiger partial charge < -0.3 is 13.4 Å². The van der Waals surface area contributed by atoms with Crippen LogP contribution >= 0.6 is 0 Å². The highest BCUT2D eigenvalue weighted by molar-refractivity contribution is 6.23. The molecule has 0 unspecified atom stereocenters. The third-order valence-electron chi connectivity index (χ3n) is 10.9. The van der Waals surface area contributed by atoms with E-state index < -0.39 is 0 Å². The lowest BCUT2D eigenvalue weighted by molar-refractivity contribution is 0.620. The Balaban J connectivity index is 1.17. The van der Waals surface area contributed by atoms with Gasteiger partial charge in [0.15, 0.2) is 34.2 Å². The van der Waals surface area contributed by atoms with Crippen molar-refractivity contribution in [1.82, 2.24) is 24.5 Å². The maximum atomic E-state index is 6.77. The van der Waals surface area contributed by atoms with Crippen LogP contribution in [0.25, 0.3) is 117 Å². The van der Waals surface area contributed by atoms with Gasteiger partial charge in [-0.15, -0.1) is 0 Å². The molecule has 0 amide bonds. The molecule has 4 heterocycles. The number of para-hydroxylation sites is 2. The van der Waals surface area contributed by atoms with Crippen molar-refractivity contribution in [2.24, 2.45) is 0 Å². The second kappa shape index (κ2) is 12.3. The van der Waals surface area contributed by atoms with E-state index in [1.807, 2.05) is 78.9 Å². The summed E-state index contributed by atoms with van der Waals surface area (Å²) in [5.41, 5.74) is 9.55. The number of hydrogen-bond acceptors (Lipinski definition) is 6. The van der Waals surface area contributed by atoms with Gasteiger partial charge in [-0.25, -0.2) is 19.9 Å². The molecule has 0 atom stereocenters. The second-order valence-electron chi connectivity index (χ2n) is 14.2. The number of aromatic nitrogens is 5. The summed E-state index contributed by atoms with van der Waals surface area (Å²) in [6, 6.07) is 59.9. The first-order valence-corrected chi connectivity index (χ1v) is 18.9. The minimum Gasteiger partial charge on any atom is -0.454 e. The molecule has 0 aliphatic rings. The fraction of sp³-hybridized carbons (Fsp3) is 0. The predicted octanol–water partition coefficient (Wildman–Crippen LogP) is 12.8. The molecular weight excluding hydrogens is 703 g/mol. The molecule has 0 aliphatic carbocycles. The number of furan rings is 1. The first-order chi connectivity index (χ1) is 28.3. The molecule has 0 saturated heterocycles. The summed E-state index contributed by atoms with van der Waals surface area (Å²) in [6.07, 6.45) is 0. The van der Waals surface area contributed by atoms with Crippen molar-refractivity contribution < 1.29 is 8.83 Å². The van der Waals surface area contributed by atoms with Gasteiger partial charge in [0.25, 0.3) is 0 Å². The number of oxazole rings is 1. The quantitative estimate of drug-likeness (QED) is 0.175. The van der Waals surface area contributed by atoms with Gasteiger partial charge in [0.1, 0.15) is 5.58 Å². The second-order valence-corrected chi connectivity index (χ2v) is 14.2. The Labute approximate surface area is 325 Å². The Kier molecular flexibility index (Phi) is 6.79. The van der Waals surface area contributed by atoms with E-state index in [9.17, 15) is 0 Å². The zero-order valence-electron chi connectivity index (χ0n) is 30.3. The first kappa shape index (κ1) is 31.5. The Morgan fingerprint density at radius 3 is 1.91 bits per heavy atom. The molecule has 0 radical (unpaired) electrons. The molecule has 266 valence electrons. The van der Waals surface area contributed by atoms with E-state index in [1.54, 1.807) is 0 Å². The van der Waals surface area contributed by atoms with Crippen LogP contribution in [0, 0.1) is 0 Å². The van der Waals surface area contributed by atoms with Crippen LogP contribution in [0.4, 0.5) is 0 Å². The number of nitrogens with zero attached hydrogens (tertiary/aromatic N) is 5. The van der Waals surface area contributed by atoms with E-state index in [-0.39, 0.29) is 0 Å². The Morgan fingerprint density at radius 1 is 0.421 bits per heavy atom. The molecule has 0 N–H and O–H groups in total. The van der Waals surface area contributed by atoms with Crippen molar-refractivity contribution in [2.45, 2.75) is 0 Å². The van der Waals surface area contributed by atoms with Crippen molar-refractivity contribution in [2.75, 3.05) is 0 Å². The maximum Gasteiger partial charge on any atom is 0.227 e. The molecule has 4 aromatic heterocycles. The Hall–Kier alpha value is -7.90. The van der Waals surface area contributed by atoms with Gasteiger partial charge >= 0.3 is 0 Å². The lowest BCUT2D eigenvalue weighted by Gasteiger charge is -2.12. The average molecular weight is 732 g/mol. The third kappa shape index (κ3) is 4.86. The van der Waals surface area contributed by atoms with Gasteiger partial charge in [-0.05, 0) is 65.4 Å². The number of fused-ring (bicyclic) bond motifs is 9. The standard InChI is InChI=1S/C50H29N5O2/c1-4-15-30(16-5-1)47-52-48(37-24-14-26-39-42(37)35-23-12-13-25-38(35)55(39)33-20-8-3-9-21-33)54-49(53-47)44-34-22-11-10-19-32(34)29-41-43(44)36-27-28-40-45(46(36)56-41)51-50(57-40)31-17-6-2-7-18-31/h1-29H. The molecule has 0 bridgehead atoms. The number of benzene rings is 8. The summed E-state index contributed by atoms with van der Waals surface area (Å²) < 4.78 is 15.4. The van der Waals surface area contributed by atoms with Crippen LogP contribution < -0.4 is 0 Å². The van der Waals surface area contributed by atoms with Crippen LogP contribution in [0.5, 0.6) is 0 Å². The molecular formula is C50H29N5O2. The van der Waals surface area contributed by atoms with E-state index in [2.05, 4.69) is 102 Å². The zero-order valence-corrected chi connectivity index (χ0v) is 30.3. The summed E-state index contributed by atoms with van der Waals surface area (Å²) in [7, 11) is 0. The van der Waals surface area contributed by atoms with Crippen LogP contribution in [-0.2, 0) is 0 Å². The molecule has 7 nitrogen and oxygen atoms in total. The fourth-order valence-corrected chi connectivity index (χ4v) is 8.37. The summed E-state index contributed by atoms with van der Waals surface area (Å²) in [5, 5.41) is 6.03. The van der Waals surface area contributed by atoms with Gasteiger partial charge in [-0.1, -0.05) is 121 Å². The van der Waals surface area contributed by atoms with Gasteiger partial charge in [0.2, 0.25) is 5.89 Å². The van der Waals surface area contributed by atoms with Crippen LogP contribution in [0.15, 0.2) is 185 Å². The zero-order chi connectivity index (χ0) is 37.5. The molecule has 57 heavy (non-hydrogen) atoms. The highest BCUT2D eigenvalue weighted by Gasteiger charge is 2.25.